The summed E-state index contributed by atoms with van der Waals surface area (Å²) in [6.07, 6.45) is 0. The van der Waals surface area contributed by atoms with E-state index in [2.05, 4.69) is 21.2 Å². The molecule has 2 aromatic carbocycles. The molecule has 0 bridgehead atoms. The van der Waals surface area contributed by atoms with E-state index in [-0.39, 0.29) is 10.8 Å². The second-order valence-electron chi connectivity index (χ2n) is 3.73. The maximum atomic E-state index is 13.5. The molecule has 5 heteroatoms. The van der Waals surface area contributed by atoms with Crippen molar-refractivity contribution in [1.29, 1.82) is 0 Å². The van der Waals surface area contributed by atoms with Gasteiger partial charge in [0.2, 0.25) is 0 Å². The van der Waals surface area contributed by atoms with Gasteiger partial charge in [-0.15, -0.1) is 0 Å². The summed E-state index contributed by atoms with van der Waals surface area (Å²) in [4.78, 5) is 0. The molecule has 94 valence electrons. The van der Waals surface area contributed by atoms with Gasteiger partial charge < -0.3 is 5.32 Å². The van der Waals surface area contributed by atoms with Crippen LogP contribution in [-0.2, 0) is 6.54 Å². The van der Waals surface area contributed by atoms with E-state index in [1.54, 1.807) is 18.2 Å². The molecule has 0 unspecified atom stereocenters. The van der Waals surface area contributed by atoms with Crippen LogP contribution in [0.3, 0.4) is 0 Å². The quantitative estimate of drug-likeness (QED) is 0.834. The zero-order chi connectivity index (χ0) is 13.1. The lowest BCUT2D eigenvalue weighted by Gasteiger charge is -2.08. The Morgan fingerprint density at radius 1 is 1.06 bits per heavy atom. The fourth-order valence-corrected chi connectivity index (χ4v) is 2.02. The average molecular weight is 333 g/mol. The lowest BCUT2D eigenvalue weighted by Crippen LogP contribution is -2.01. The summed E-state index contributed by atoms with van der Waals surface area (Å²) >= 11 is 8.85. The number of halogens is 4. The Hall–Kier alpha value is -1.13. The third-order valence-corrected chi connectivity index (χ3v) is 3.18. The van der Waals surface area contributed by atoms with E-state index in [0.29, 0.717) is 16.7 Å². The Kier molecular flexibility index (Phi) is 4.19. The van der Waals surface area contributed by atoms with Gasteiger partial charge in [0, 0.05) is 11.0 Å². The highest BCUT2D eigenvalue weighted by Crippen LogP contribution is 2.21. The van der Waals surface area contributed by atoms with Crippen LogP contribution in [0.25, 0.3) is 0 Å². The molecule has 0 aromatic heterocycles. The molecule has 0 fully saturated rings. The average Bonchev–Trinajstić information content (AvgIpc) is 2.32. The number of benzene rings is 2. The highest BCUT2D eigenvalue weighted by atomic mass is 79.9. The molecule has 0 amide bonds. The second-order valence-corrected chi connectivity index (χ2v) is 5.05. The molecule has 0 radical (unpaired) electrons. The summed E-state index contributed by atoms with van der Waals surface area (Å²) in [7, 11) is 0. The van der Waals surface area contributed by atoms with Crippen LogP contribution in [0.4, 0.5) is 14.5 Å². The first kappa shape index (κ1) is 13.3. The topological polar surface area (TPSA) is 12.0 Å². The third kappa shape index (κ3) is 3.21. The van der Waals surface area contributed by atoms with Gasteiger partial charge in [0.05, 0.1) is 10.7 Å². The van der Waals surface area contributed by atoms with Crippen molar-refractivity contribution in [2.24, 2.45) is 0 Å². The van der Waals surface area contributed by atoms with Crippen LogP contribution in [0.1, 0.15) is 5.56 Å². The fraction of sp³-hybridized carbons (Fsp3) is 0.0769. The predicted molar refractivity (Wildman–Crippen MR) is 72.8 cm³/mol. The summed E-state index contributed by atoms with van der Waals surface area (Å²) in [5.74, 6) is -0.812. The monoisotopic (exact) mass is 331 g/mol. The van der Waals surface area contributed by atoms with Crippen molar-refractivity contribution in [2.75, 3.05) is 5.32 Å². The minimum absolute atomic E-state index is 0.0607. The van der Waals surface area contributed by atoms with Crippen molar-refractivity contribution in [3.8, 4) is 0 Å². The molecule has 2 rings (SSSR count). The lowest BCUT2D eigenvalue weighted by molar-refractivity contribution is 0.626. The van der Waals surface area contributed by atoms with Crippen LogP contribution in [0.2, 0.25) is 5.02 Å². The van der Waals surface area contributed by atoms with Crippen molar-refractivity contribution < 1.29 is 8.78 Å². The first-order valence-electron chi connectivity index (χ1n) is 5.19. The van der Waals surface area contributed by atoms with Gasteiger partial charge in [-0.05, 0) is 35.9 Å². The standard InChI is InChI=1S/C13H9BrClF2N/c14-9-2-4-13(12(17)6-9)18-7-8-1-3-11(16)10(15)5-8/h1-6,18H,7H2. The van der Waals surface area contributed by atoms with E-state index in [0.717, 1.165) is 5.56 Å². The molecule has 18 heavy (non-hydrogen) atoms. The molecule has 1 nitrogen and oxygen atoms in total. The van der Waals surface area contributed by atoms with Crippen LogP contribution in [-0.4, -0.2) is 0 Å². The third-order valence-electron chi connectivity index (χ3n) is 2.40. The molecule has 0 heterocycles. The highest BCUT2D eigenvalue weighted by molar-refractivity contribution is 9.10. The van der Waals surface area contributed by atoms with E-state index in [1.165, 1.54) is 18.2 Å². The molecule has 0 atom stereocenters. The Morgan fingerprint density at radius 2 is 1.83 bits per heavy atom. The van der Waals surface area contributed by atoms with Crippen LogP contribution in [0, 0.1) is 11.6 Å². The maximum Gasteiger partial charge on any atom is 0.147 e. The summed E-state index contributed by atoms with van der Waals surface area (Å²) < 4.78 is 27.1. The molecule has 0 aliphatic heterocycles. The van der Waals surface area contributed by atoms with Gasteiger partial charge in [0.15, 0.2) is 0 Å². The molecular formula is C13H9BrClF2N. The number of nitrogens with one attached hydrogen (secondary N) is 1. The number of hydrogen-bond acceptors (Lipinski definition) is 1. The van der Waals surface area contributed by atoms with Gasteiger partial charge in [-0.25, -0.2) is 8.78 Å². The molecule has 0 aliphatic rings. The Morgan fingerprint density at radius 3 is 2.50 bits per heavy atom. The highest BCUT2D eigenvalue weighted by Gasteiger charge is 2.04. The van der Waals surface area contributed by atoms with Crippen molar-refractivity contribution in [2.45, 2.75) is 6.54 Å². The maximum absolute atomic E-state index is 13.5. The Bertz CT molecular complexity index is 575. The summed E-state index contributed by atoms with van der Waals surface area (Å²) in [6.45, 7) is 0.374. The smallest absolute Gasteiger partial charge is 0.147 e. The Balaban J connectivity index is 2.09. The molecule has 1 N–H and O–H groups in total. The summed E-state index contributed by atoms with van der Waals surface area (Å²) in [6, 6.07) is 9.15. The van der Waals surface area contributed by atoms with E-state index in [1.807, 2.05) is 0 Å². The van der Waals surface area contributed by atoms with Crippen LogP contribution in [0.5, 0.6) is 0 Å². The molecule has 0 aliphatic carbocycles. The van der Waals surface area contributed by atoms with Crippen molar-refractivity contribution in [1.82, 2.24) is 0 Å². The van der Waals surface area contributed by atoms with E-state index in [9.17, 15) is 8.78 Å². The van der Waals surface area contributed by atoms with E-state index in [4.69, 9.17) is 11.6 Å². The second kappa shape index (κ2) is 5.67. The van der Waals surface area contributed by atoms with Gasteiger partial charge >= 0.3 is 0 Å². The first-order valence-corrected chi connectivity index (χ1v) is 6.36. The molecule has 0 spiro atoms. The van der Waals surface area contributed by atoms with Gasteiger partial charge in [-0.1, -0.05) is 33.6 Å². The number of hydrogen-bond donors (Lipinski definition) is 1. The van der Waals surface area contributed by atoms with Gasteiger partial charge in [-0.2, -0.15) is 0 Å². The zero-order valence-corrected chi connectivity index (χ0v) is 11.5. The van der Waals surface area contributed by atoms with Crippen molar-refractivity contribution in [3.63, 3.8) is 0 Å². The largest absolute Gasteiger partial charge is 0.379 e. The van der Waals surface area contributed by atoms with Gasteiger partial charge in [0.1, 0.15) is 11.6 Å². The van der Waals surface area contributed by atoms with Crippen molar-refractivity contribution in [3.05, 3.63) is 63.1 Å². The van der Waals surface area contributed by atoms with Gasteiger partial charge in [0.25, 0.3) is 0 Å². The Labute approximate surface area is 117 Å². The molecule has 2 aromatic rings. The summed E-state index contributed by atoms with van der Waals surface area (Å²) in [5.41, 5.74) is 1.17. The number of anilines is 1. The van der Waals surface area contributed by atoms with Gasteiger partial charge in [-0.3, -0.25) is 0 Å². The molecular weight excluding hydrogens is 324 g/mol. The zero-order valence-electron chi connectivity index (χ0n) is 9.18. The SMILES string of the molecule is Fc1ccc(CNc2ccc(Br)cc2F)cc1Cl. The van der Waals surface area contributed by atoms with E-state index >= 15 is 0 Å². The van der Waals surface area contributed by atoms with Crippen LogP contribution < -0.4 is 5.32 Å². The van der Waals surface area contributed by atoms with E-state index < -0.39 is 5.82 Å². The lowest BCUT2D eigenvalue weighted by atomic mass is 10.2. The fourth-order valence-electron chi connectivity index (χ4n) is 1.48. The summed E-state index contributed by atoms with van der Waals surface area (Å²) in [5, 5.41) is 2.99. The normalized spacial score (nSPS) is 10.4. The van der Waals surface area contributed by atoms with Crippen LogP contribution >= 0.6 is 27.5 Å². The minimum atomic E-state index is -0.463. The number of rotatable bonds is 3. The minimum Gasteiger partial charge on any atom is -0.379 e. The molecule has 0 saturated carbocycles. The predicted octanol–water partition coefficient (Wildman–Crippen LogP) is 4.99. The molecule has 0 saturated heterocycles. The van der Waals surface area contributed by atoms with Crippen molar-refractivity contribution >= 4 is 33.2 Å². The first-order chi connectivity index (χ1) is 8.56. The van der Waals surface area contributed by atoms with Crippen LogP contribution in [0.15, 0.2) is 40.9 Å².